The van der Waals surface area contributed by atoms with Gasteiger partial charge in [0.2, 0.25) is 0 Å². The maximum Gasteiger partial charge on any atom is 0.130 e. The lowest BCUT2D eigenvalue weighted by Crippen LogP contribution is -2.11. The summed E-state index contributed by atoms with van der Waals surface area (Å²) in [6.45, 7) is 9.71. The Morgan fingerprint density at radius 2 is 1.90 bits per heavy atom. The van der Waals surface area contributed by atoms with Crippen molar-refractivity contribution in [2.24, 2.45) is 5.73 Å². The molecule has 0 saturated heterocycles. The summed E-state index contributed by atoms with van der Waals surface area (Å²) in [5.74, 6) is 0.910. The molecule has 21 heavy (non-hydrogen) atoms. The Bertz CT molecular complexity index is 598. The van der Waals surface area contributed by atoms with Crippen molar-refractivity contribution in [2.45, 2.75) is 46.3 Å². The van der Waals surface area contributed by atoms with Gasteiger partial charge in [-0.1, -0.05) is 39.0 Å². The van der Waals surface area contributed by atoms with Gasteiger partial charge in [-0.15, -0.1) is 0 Å². The summed E-state index contributed by atoms with van der Waals surface area (Å²) >= 11 is 0. The number of rotatable bonds is 4. The van der Waals surface area contributed by atoms with E-state index in [0.29, 0.717) is 13.2 Å². The Morgan fingerprint density at radius 3 is 2.43 bits per heavy atom. The quantitative estimate of drug-likeness (QED) is 0.930. The SMILES string of the molecule is Cc1cc(C(C)(C)C)ccc1OCc1ccc(CN)cn1. The molecule has 112 valence electrons. The highest BCUT2D eigenvalue weighted by atomic mass is 16.5. The fraction of sp³-hybridized carbons (Fsp3) is 0.389. The first-order valence-electron chi connectivity index (χ1n) is 7.28. The van der Waals surface area contributed by atoms with Gasteiger partial charge in [-0.3, -0.25) is 4.98 Å². The third-order valence-corrected chi connectivity index (χ3v) is 3.54. The van der Waals surface area contributed by atoms with E-state index in [-0.39, 0.29) is 5.41 Å². The van der Waals surface area contributed by atoms with E-state index in [1.165, 1.54) is 5.56 Å². The molecule has 2 rings (SSSR count). The zero-order valence-electron chi connectivity index (χ0n) is 13.3. The van der Waals surface area contributed by atoms with Gasteiger partial charge in [0.25, 0.3) is 0 Å². The molecule has 0 bridgehead atoms. The zero-order chi connectivity index (χ0) is 15.5. The topological polar surface area (TPSA) is 48.1 Å². The molecule has 0 spiro atoms. The second-order valence-corrected chi connectivity index (χ2v) is 6.38. The molecule has 2 N–H and O–H groups in total. The van der Waals surface area contributed by atoms with Gasteiger partial charge in [0.15, 0.2) is 0 Å². The first kappa shape index (κ1) is 15.5. The van der Waals surface area contributed by atoms with E-state index in [9.17, 15) is 0 Å². The third kappa shape index (κ3) is 4.05. The van der Waals surface area contributed by atoms with E-state index in [1.54, 1.807) is 6.20 Å². The molecule has 0 aliphatic carbocycles. The predicted molar refractivity (Wildman–Crippen MR) is 86.3 cm³/mol. The molecule has 1 aromatic heterocycles. The van der Waals surface area contributed by atoms with Crippen LogP contribution in [0.3, 0.4) is 0 Å². The normalized spacial score (nSPS) is 11.5. The van der Waals surface area contributed by atoms with Crippen molar-refractivity contribution >= 4 is 0 Å². The van der Waals surface area contributed by atoms with Gasteiger partial charge in [0, 0.05) is 12.7 Å². The van der Waals surface area contributed by atoms with Crippen LogP contribution >= 0.6 is 0 Å². The molecule has 0 saturated carbocycles. The molecule has 3 heteroatoms. The molecule has 0 aliphatic rings. The molecule has 3 nitrogen and oxygen atoms in total. The van der Waals surface area contributed by atoms with Crippen molar-refractivity contribution in [1.82, 2.24) is 4.98 Å². The van der Waals surface area contributed by atoms with Crippen LogP contribution in [-0.2, 0) is 18.6 Å². The second-order valence-electron chi connectivity index (χ2n) is 6.38. The fourth-order valence-corrected chi connectivity index (χ4v) is 2.09. The molecule has 2 aromatic rings. The van der Waals surface area contributed by atoms with Crippen molar-refractivity contribution in [2.75, 3.05) is 0 Å². The highest BCUT2D eigenvalue weighted by Gasteiger charge is 2.14. The Balaban J connectivity index is 2.06. The molecule has 0 fully saturated rings. The highest BCUT2D eigenvalue weighted by Crippen LogP contribution is 2.27. The average Bonchev–Trinajstić information content (AvgIpc) is 2.45. The summed E-state index contributed by atoms with van der Waals surface area (Å²) in [7, 11) is 0. The fourth-order valence-electron chi connectivity index (χ4n) is 2.09. The van der Waals surface area contributed by atoms with E-state index in [4.69, 9.17) is 10.5 Å². The zero-order valence-corrected chi connectivity index (χ0v) is 13.3. The Kier molecular flexibility index (Phi) is 4.63. The first-order valence-corrected chi connectivity index (χ1v) is 7.28. The number of hydrogen-bond donors (Lipinski definition) is 1. The number of aromatic nitrogens is 1. The number of hydrogen-bond acceptors (Lipinski definition) is 3. The molecule has 0 radical (unpaired) electrons. The van der Waals surface area contributed by atoms with Gasteiger partial charge in [0.1, 0.15) is 12.4 Å². The Hall–Kier alpha value is -1.87. The van der Waals surface area contributed by atoms with E-state index in [2.05, 4.69) is 44.8 Å². The largest absolute Gasteiger partial charge is 0.487 e. The van der Waals surface area contributed by atoms with Crippen LogP contribution in [0.25, 0.3) is 0 Å². The molecule has 0 aliphatic heterocycles. The Morgan fingerprint density at radius 1 is 1.14 bits per heavy atom. The van der Waals surface area contributed by atoms with Crippen LogP contribution < -0.4 is 10.5 Å². The summed E-state index contributed by atoms with van der Waals surface area (Å²) in [6, 6.07) is 10.3. The van der Waals surface area contributed by atoms with Crippen LogP contribution in [0.15, 0.2) is 36.5 Å². The lowest BCUT2D eigenvalue weighted by atomic mass is 9.86. The van der Waals surface area contributed by atoms with Crippen molar-refractivity contribution in [3.8, 4) is 5.75 Å². The molecular weight excluding hydrogens is 260 g/mol. The van der Waals surface area contributed by atoms with E-state index in [1.807, 2.05) is 18.2 Å². The number of nitrogens with two attached hydrogens (primary N) is 1. The molecule has 0 amide bonds. The minimum Gasteiger partial charge on any atom is -0.487 e. The third-order valence-electron chi connectivity index (χ3n) is 3.54. The highest BCUT2D eigenvalue weighted by molar-refractivity contribution is 5.38. The van der Waals surface area contributed by atoms with Crippen LogP contribution in [0.2, 0.25) is 0 Å². The minimum absolute atomic E-state index is 0.156. The number of nitrogens with zero attached hydrogens (tertiary/aromatic N) is 1. The van der Waals surface area contributed by atoms with Crippen LogP contribution in [0.4, 0.5) is 0 Å². The van der Waals surface area contributed by atoms with Crippen molar-refractivity contribution < 1.29 is 4.74 Å². The van der Waals surface area contributed by atoms with E-state index < -0.39 is 0 Å². The van der Waals surface area contributed by atoms with Gasteiger partial charge in [-0.05, 0) is 41.2 Å². The second kappa shape index (κ2) is 6.27. The van der Waals surface area contributed by atoms with Crippen molar-refractivity contribution in [3.63, 3.8) is 0 Å². The van der Waals surface area contributed by atoms with Gasteiger partial charge >= 0.3 is 0 Å². The summed E-state index contributed by atoms with van der Waals surface area (Å²) in [5.41, 5.74) is 10.1. The summed E-state index contributed by atoms with van der Waals surface area (Å²) < 4.78 is 5.87. The van der Waals surface area contributed by atoms with Gasteiger partial charge in [-0.2, -0.15) is 0 Å². The number of aryl methyl sites for hydroxylation is 1. The van der Waals surface area contributed by atoms with Crippen LogP contribution in [0.5, 0.6) is 5.75 Å². The first-order chi connectivity index (χ1) is 9.90. The lowest BCUT2D eigenvalue weighted by Gasteiger charge is -2.20. The average molecular weight is 284 g/mol. The molecule has 1 heterocycles. The van der Waals surface area contributed by atoms with Crippen LogP contribution in [0, 0.1) is 6.92 Å². The standard InChI is InChI=1S/C18H24N2O/c1-13-9-15(18(2,3)4)6-8-17(13)21-12-16-7-5-14(10-19)11-20-16/h5-9,11H,10,12,19H2,1-4H3. The Labute approximate surface area is 127 Å². The van der Waals surface area contributed by atoms with E-state index in [0.717, 1.165) is 22.6 Å². The smallest absolute Gasteiger partial charge is 0.130 e. The summed E-state index contributed by atoms with van der Waals surface area (Å²) in [4.78, 5) is 4.35. The predicted octanol–water partition coefficient (Wildman–Crippen LogP) is 3.73. The maximum absolute atomic E-state index is 5.87. The van der Waals surface area contributed by atoms with Crippen LogP contribution in [0.1, 0.15) is 43.2 Å². The molecule has 0 unspecified atom stereocenters. The summed E-state index contributed by atoms with van der Waals surface area (Å²) in [6.07, 6.45) is 1.80. The lowest BCUT2D eigenvalue weighted by molar-refractivity contribution is 0.299. The van der Waals surface area contributed by atoms with E-state index >= 15 is 0 Å². The monoisotopic (exact) mass is 284 g/mol. The number of pyridine rings is 1. The van der Waals surface area contributed by atoms with Crippen LogP contribution in [-0.4, -0.2) is 4.98 Å². The maximum atomic E-state index is 5.87. The number of ether oxygens (including phenoxy) is 1. The van der Waals surface area contributed by atoms with Gasteiger partial charge < -0.3 is 10.5 Å². The van der Waals surface area contributed by atoms with Gasteiger partial charge in [-0.25, -0.2) is 0 Å². The summed E-state index contributed by atoms with van der Waals surface area (Å²) in [5, 5.41) is 0. The van der Waals surface area contributed by atoms with Gasteiger partial charge in [0.05, 0.1) is 5.69 Å². The molecule has 0 atom stereocenters. The number of benzene rings is 1. The molecule has 1 aromatic carbocycles. The minimum atomic E-state index is 0.156. The van der Waals surface area contributed by atoms with Crippen molar-refractivity contribution in [1.29, 1.82) is 0 Å². The van der Waals surface area contributed by atoms with Crippen molar-refractivity contribution in [3.05, 3.63) is 58.9 Å². The molecular formula is C18H24N2O.